The first-order valence-corrected chi connectivity index (χ1v) is 8.79. The Morgan fingerprint density at radius 3 is 3.12 bits per heavy atom. The summed E-state index contributed by atoms with van der Waals surface area (Å²) in [6, 6.07) is 6.85. The summed E-state index contributed by atoms with van der Waals surface area (Å²) in [5, 5.41) is 8.22. The molecule has 1 aromatic heterocycles. The molecule has 3 saturated heterocycles. The molecule has 6 nitrogen and oxygen atoms in total. The number of fused-ring (bicyclic) bond motifs is 1. The number of hydrogen-bond acceptors (Lipinski definition) is 4. The molecule has 2 aromatic rings. The number of methoxy groups -OCH3 is 1. The van der Waals surface area contributed by atoms with E-state index >= 15 is 0 Å². The lowest BCUT2D eigenvalue weighted by Crippen LogP contribution is -2.51. The zero-order valence-corrected chi connectivity index (χ0v) is 13.7. The van der Waals surface area contributed by atoms with Gasteiger partial charge in [0.25, 0.3) is 5.91 Å². The number of aromatic amines is 1. The minimum atomic E-state index is 0.0905. The third kappa shape index (κ3) is 1.30. The Morgan fingerprint density at radius 1 is 1.38 bits per heavy atom. The van der Waals surface area contributed by atoms with Gasteiger partial charge in [0.2, 0.25) is 0 Å². The number of rotatable bonds is 2. The molecule has 6 rings (SSSR count). The molecule has 4 aliphatic rings. The second-order valence-corrected chi connectivity index (χ2v) is 7.76. The number of aromatic nitrogens is 2. The van der Waals surface area contributed by atoms with Crippen LogP contribution in [0.2, 0.25) is 0 Å². The molecule has 6 heteroatoms. The van der Waals surface area contributed by atoms with E-state index in [1.54, 1.807) is 7.11 Å². The maximum atomic E-state index is 13.2. The summed E-state index contributed by atoms with van der Waals surface area (Å²) in [6.07, 6.45) is 2.55. The summed E-state index contributed by atoms with van der Waals surface area (Å²) in [4.78, 5) is 18.0. The van der Waals surface area contributed by atoms with E-state index < -0.39 is 0 Å². The molecule has 0 radical (unpaired) electrons. The van der Waals surface area contributed by atoms with Gasteiger partial charge in [0, 0.05) is 36.0 Å². The zero-order valence-electron chi connectivity index (χ0n) is 13.7. The summed E-state index contributed by atoms with van der Waals surface area (Å²) < 4.78 is 5.25. The number of nitrogens with one attached hydrogen (secondary N) is 1. The van der Waals surface area contributed by atoms with Crippen LogP contribution in [0.15, 0.2) is 18.2 Å². The van der Waals surface area contributed by atoms with Gasteiger partial charge in [-0.3, -0.25) is 14.8 Å². The average Bonchev–Trinajstić information content (AvgIpc) is 3.25. The minimum Gasteiger partial charge on any atom is -0.497 e. The minimum absolute atomic E-state index is 0.0905. The van der Waals surface area contributed by atoms with Gasteiger partial charge in [-0.15, -0.1) is 0 Å². The standard InChI is InChI=1S/C18H20N4O2/c1-24-11-2-3-12-13(7-11)19-20-16(12)17(23)22-8-10-6-14-18(10)4-5-21(14)9-15(18)22/h2-3,7,10,14-15H,4-6,8-9H2,1H3,(H,19,20)/t10-,14-,15-,18-/m0/s1. The number of amides is 1. The van der Waals surface area contributed by atoms with Crippen LogP contribution in [-0.4, -0.2) is 64.7 Å². The van der Waals surface area contributed by atoms with E-state index in [1.807, 2.05) is 18.2 Å². The van der Waals surface area contributed by atoms with Crippen molar-refractivity contribution < 1.29 is 9.53 Å². The van der Waals surface area contributed by atoms with Gasteiger partial charge in [0.05, 0.1) is 18.7 Å². The van der Waals surface area contributed by atoms with Crippen LogP contribution in [0.3, 0.4) is 0 Å². The Morgan fingerprint density at radius 2 is 2.29 bits per heavy atom. The molecule has 1 aliphatic carbocycles. The molecule has 1 aromatic carbocycles. The van der Waals surface area contributed by atoms with Gasteiger partial charge < -0.3 is 9.64 Å². The number of carbonyl (C=O) groups excluding carboxylic acids is 1. The first-order chi connectivity index (χ1) is 11.7. The van der Waals surface area contributed by atoms with Crippen molar-refractivity contribution >= 4 is 16.8 Å². The molecule has 124 valence electrons. The molecule has 1 N–H and O–H groups in total. The van der Waals surface area contributed by atoms with E-state index in [0.29, 0.717) is 23.1 Å². The molecule has 3 aliphatic heterocycles. The highest BCUT2D eigenvalue weighted by atomic mass is 16.5. The summed E-state index contributed by atoms with van der Waals surface area (Å²) in [6.45, 7) is 3.20. The third-order valence-electron chi connectivity index (χ3n) is 7.22. The van der Waals surface area contributed by atoms with Crippen LogP contribution in [0, 0.1) is 11.3 Å². The van der Waals surface area contributed by atoms with Crippen molar-refractivity contribution in [3.05, 3.63) is 23.9 Å². The zero-order chi connectivity index (χ0) is 16.1. The molecule has 24 heavy (non-hydrogen) atoms. The van der Waals surface area contributed by atoms with Gasteiger partial charge in [0.1, 0.15) is 5.75 Å². The van der Waals surface area contributed by atoms with Gasteiger partial charge >= 0.3 is 0 Å². The van der Waals surface area contributed by atoms with E-state index in [2.05, 4.69) is 20.0 Å². The van der Waals surface area contributed by atoms with Crippen molar-refractivity contribution in [3.8, 4) is 5.75 Å². The number of likely N-dealkylation sites (tertiary alicyclic amines) is 1. The molecular formula is C18H20N4O2. The Bertz CT molecular complexity index is 877. The molecule has 2 bridgehead atoms. The van der Waals surface area contributed by atoms with E-state index in [-0.39, 0.29) is 5.91 Å². The molecule has 5 atom stereocenters. The second kappa shape index (κ2) is 4.11. The van der Waals surface area contributed by atoms with Gasteiger partial charge in [-0.2, -0.15) is 5.10 Å². The topological polar surface area (TPSA) is 61.5 Å². The van der Waals surface area contributed by atoms with Crippen molar-refractivity contribution in [2.24, 2.45) is 11.3 Å². The second-order valence-electron chi connectivity index (χ2n) is 7.76. The summed E-state index contributed by atoms with van der Waals surface area (Å²) in [5.41, 5.74) is 1.82. The van der Waals surface area contributed by atoms with E-state index in [1.165, 1.54) is 19.4 Å². The number of H-pyrrole nitrogens is 1. The monoisotopic (exact) mass is 324 g/mol. The van der Waals surface area contributed by atoms with Crippen molar-refractivity contribution in [2.75, 3.05) is 26.7 Å². The molecule has 1 spiro atoms. The quantitative estimate of drug-likeness (QED) is 0.909. The predicted molar refractivity (Wildman–Crippen MR) is 88.0 cm³/mol. The number of benzene rings is 1. The van der Waals surface area contributed by atoms with Crippen LogP contribution in [0.4, 0.5) is 0 Å². The number of hydrogen-bond donors (Lipinski definition) is 1. The first-order valence-electron chi connectivity index (χ1n) is 8.79. The Labute approximate surface area is 139 Å². The lowest BCUT2D eigenvalue weighted by molar-refractivity contribution is 0.0484. The molecule has 1 amide bonds. The van der Waals surface area contributed by atoms with Crippen LogP contribution < -0.4 is 4.74 Å². The highest BCUT2D eigenvalue weighted by Gasteiger charge is 2.73. The third-order valence-corrected chi connectivity index (χ3v) is 7.22. The van der Waals surface area contributed by atoms with Crippen LogP contribution in [0.25, 0.3) is 10.9 Å². The van der Waals surface area contributed by atoms with E-state index in [0.717, 1.165) is 35.8 Å². The number of nitrogens with zero attached hydrogens (tertiary/aromatic N) is 3. The Hall–Kier alpha value is -2.08. The first kappa shape index (κ1) is 13.2. The van der Waals surface area contributed by atoms with Gasteiger partial charge in [0.15, 0.2) is 5.69 Å². The Kier molecular flexibility index (Phi) is 2.27. The molecule has 4 fully saturated rings. The molecule has 1 unspecified atom stereocenters. The summed E-state index contributed by atoms with van der Waals surface area (Å²) >= 11 is 0. The average molecular weight is 324 g/mol. The molecular weight excluding hydrogens is 304 g/mol. The summed E-state index contributed by atoms with van der Waals surface area (Å²) in [5.74, 6) is 1.56. The molecule has 4 heterocycles. The van der Waals surface area contributed by atoms with Gasteiger partial charge in [-0.05, 0) is 37.4 Å². The van der Waals surface area contributed by atoms with Crippen LogP contribution in [0.5, 0.6) is 5.75 Å². The van der Waals surface area contributed by atoms with E-state index in [9.17, 15) is 4.79 Å². The van der Waals surface area contributed by atoms with Gasteiger partial charge in [-0.1, -0.05) is 0 Å². The SMILES string of the molecule is COc1ccc2c(C(=O)N3C[C@@H]4C[C@@H]5N6CC[C@]45[C@@H]3C6)n[nH]c2c1. The fourth-order valence-electron chi connectivity index (χ4n) is 6.09. The van der Waals surface area contributed by atoms with Crippen molar-refractivity contribution in [3.63, 3.8) is 0 Å². The molecule has 1 saturated carbocycles. The van der Waals surface area contributed by atoms with Crippen LogP contribution in [-0.2, 0) is 0 Å². The normalized spacial score (nSPS) is 38.5. The highest BCUT2D eigenvalue weighted by molar-refractivity contribution is 6.05. The van der Waals surface area contributed by atoms with Gasteiger partial charge in [-0.25, -0.2) is 0 Å². The van der Waals surface area contributed by atoms with Crippen molar-refractivity contribution in [1.82, 2.24) is 20.0 Å². The number of piperidine rings is 1. The maximum Gasteiger partial charge on any atom is 0.275 e. The van der Waals surface area contributed by atoms with Crippen LogP contribution >= 0.6 is 0 Å². The van der Waals surface area contributed by atoms with Crippen molar-refractivity contribution in [1.29, 1.82) is 0 Å². The van der Waals surface area contributed by atoms with E-state index in [4.69, 9.17) is 4.74 Å². The smallest absolute Gasteiger partial charge is 0.275 e. The van der Waals surface area contributed by atoms with Crippen molar-refractivity contribution in [2.45, 2.75) is 24.9 Å². The maximum absolute atomic E-state index is 13.2. The lowest BCUT2D eigenvalue weighted by Gasteiger charge is -2.46. The predicted octanol–water partition coefficient (Wildman–Crippen LogP) is 1.49. The number of carbonyl (C=O) groups is 1. The van der Waals surface area contributed by atoms with Crippen LogP contribution in [0.1, 0.15) is 23.3 Å². The highest BCUT2D eigenvalue weighted by Crippen LogP contribution is 2.67. The largest absolute Gasteiger partial charge is 0.497 e. The number of ether oxygens (including phenoxy) is 1. The fourth-order valence-corrected chi connectivity index (χ4v) is 6.09. The summed E-state index contributed by atoms with van der Waals surface area (Å²) in [7, 11) is 1.64. The fraction of sp³-hybridized carbons (Fsp3) is 0.556. The lowest BCUT2D eigenvalue weighted by atomic mass is 9.57. The Balaban J connectivity index is 1.38.